The lowest BCUT2D eigenvalue weighted by molar-refractivity contribution is -0.128. The zero-order valence-electron chi connectivity index (χ0n) is 19.8. The number of nitrogens with zero attached hydrogens (tertiary/aromatic N) is 2. The lowest BCUT2D eigenvalue weighted by Gasteiger charge is -2.41. The van der Waals surface area contributed by atoms with Gasteiger partial charge in [0.2, 0.25) is 5.91 Å². The van der Waals surface area contributed by atoms with Gasteiger partial charge in [0.15, 0.2) is 17.5 Å². The predicted octanol–water partition coefficient (Wildman–Crippen LogP) is 3.84. The minimum absolute atomic E-state index is 0.0243. The Kier molecular flexibility index (Phi) is 8.12. The number of hydrogen-bond acceptors (Lipinski definition) is 4. The standard InChI is InChI=1S/C27H30F4N2O3/c28-21-4-2-20(3-5-21)27(36)9-13-32(14-10-27)17-24(34)19-7-11-33(12-8-19)25(35)6-1-18-15-22(29)26(31)23(30)16-18/h1-6,15-16,19,24,34,36H,7-14,17H2/b6-1+. The normalized spacial score (nSPS) is 20.1. The molecule has 36 heavy (non-hydrogen) atoms. The third-order valence-electron chi connectivity index (χ3n) is 7.33. The highest BCUT2D eigenvalue weighted by Gasteiger charge is 2.35. The van der Waals surface area contributed by atoms with E-state index in [1.54, 1.807) is 17.0 Å². The molecule has 2 saturated heterocycles. The summed E-state index contributed by atoms with van der Waals surface area (Å²) in [6.45, 7) is 2.58. The first-order chi connectivity index (χ1) is 17.1. The second kappa shape index (κ2) is 11.1. The molecule has 9 heteroatoms. The molecular formula is C27H30F4N2O3. The molecule has 0 aliphatic carbocycles. The van der Waals surface area contributed by atoms with Crippen LogP contribution in [0.25, 0.3) is 6.08 Å². The van der Waals surface area contributed by atoms with E-state index in [4.69, 9.17) is 0 Å². The second-order valence-corrected chi connectivity index (χ2v) is 9.70. The van der Waals surface area contributed by atoms with Gasteiger partial charge in [0.1, 0.15) is 5.82 Å². The molecule has 4 rings (SSSR count). The number of amides is 1. The minimum atomic E-state index is -1.55. The largest absolute Gasteiger partial charge is 0.392 e. The third kappa shape index (κ3) is 6.14. The third-order valence-corrected chi connectivity index (χ3v) is 7.33. The Bertz CT molecular complexity index is 1070. The molecule has 2 aliphatic heterocycles. The summed E-state index contributed by atoms with van der Waals surface area (Å²) in [5, 5.41) is 21.8. The topological polar surface area (TPSA) is 64.0 Å². The monoisotopic (exact) mass is 506 g/mol. The van der Waals surface area contributed by atoms with E-state index in [0.717, 1.165) is 12.1 Å². The molecule has 1 unspecified atom stereocenters. The van der Waals surface area contributed by atoms with Crippen molar-refractivity contribution in [1.82, 2.24) is 9.80 Å². The Morgan fingerprint density at radius 3 is 2.17 bits per heavy atom. The van der Waals surface area contributed by atoms with E-state index in [2.05, 4.69) is 4.90 Å². The number of carbonyl (C=O) groups is 1. The van der Waals surface area contributed by atoms with Crippen molar-refractivity contribution >= 4 is 12.0 Å². The number of aliphatic hydroxyl groups excluding tert-OH is 1. The van der Waals surface area contributed by atoms with E-state index >= 15 is 0 Å². The number of likely N-dealkylation sites (tertiary alicyclic amines) is 2. The molecule has 1 amide bonds. The zero-order chi connectivity index (χ0) is 25.9. The molecule has 2 heterocycles. The summed E-state index contributed by atoms with van der Waals surface area (Å²) >= 11 is 0. The Hall–Kier alpha value is -2.75. The van der Waals surface area contributed by atoms with Crippen LogP contribution >= 0.6 is 0 Å². The summed E-state index contributed by atoms with van der Waals surface area (Å²) in [5.41, 5.74) is -0.248. The molecule has 0 radical (unpaired) electrons. The molecular weight excluding hydrogens is 476 g/mol. The van der Waals surface area contributed by atoms with Gasteiger partial charge in [-0.25, -0.2) is 17.6 Å². The van der Waals surface area contributed by atoms with Gasteiger partial charge in [-0.05, 0) is 73.1 Å². The number of carbonyl (C=O) groups excluding carboxylic acids is 1. The number of rotatable bonds is 6. The number of aliphatic hydroxyl groups is 2. The van der Waals surface area contributed by atoms with Gasteiger partial charge in [-0.15, -0.1) is 0 Å². The van der Waals surface area contributed by atoms with Crippen molar-refractivity contribution in [3.63, 3.8) is 0 Å². The Labute approximate surface area is 207 Å². The fourth-order valence-corrected chi connectivity index (χ4v) is 5.02. The molecule has 194 valence electrons. The fourth-order valence-electron chi connectivity index (χ4n) is 5.02. The van der Waals surface area contributed by atoms with Gasteiger partial charge in [-0.1, -0.05) is 12.1 Å². The van der Waals surface area contributed by atoms with E-state index in [1.165, 1.54) is 24.3 Å². The molecule has 2 aromatic carbocycles. The SMILES string of the molecule is O=C(/C=C/c1cc(F)c(F)c(F)c1)N1CCC(C(O)CN2CCC(O)(c3ccc(F)cc3)CC2)CC1. The number of piperidine rings is 2. The number of hydrogen-bond donors (Lipinski definition) is 2. The maximum absolute atomic E-state index is 13.3. The van der Waals surface area contributed by atoms with Crippen LogP contribution in [0.15, 0.2) is 42.5 Å². The molecule has 0 bridgehead atoms. The smallest absolute Gasteiger partial charge is 0.246 e. The first-order valence-electron chi connectivity index (χ1n) is 12.1. The van der Waals surface area contributed by atoms with E-state index in [-0.39, 0.29) is 23.2 Å². The maximum atomic E-state index is 13.3. The van der Waals surface area contributed by atoms with Crippen molar-refractivity contribution in [2.24, 2.45) is 5.92 Å². The maximum Gasteiger partial charge on any atom is 0.246 e. The van der Waals surface area contributed by atoms with Crippen molar-refractivity contribution in [2.75, 3.05) is 32.7 Å². The molecule has 2 fully saturated rings. The van der Waals surface area contributed by atoms with Crippen molar-refractivity contribution < 1.29 is 32.6 Å². The fraction of sp³-hybridized carbons (Fsp3) is 0.444. The van der Waals surface area contributed by atoms with Crippen LogP contribution in [0.1, 0.15) is 36.8 Å². The minimum Gasteiger partial charge on any atom is -0.392 e. The molecule has 2 aromatic rings. The van der Waals surface area contributed by atoms with Crippen LogP contribution in [0.4, 0.5) is 17.6 Å². The van der Waals surface area contributed by atoms with E-state index < -0.39 is 29.2 Å². The van der Waals surface area contributed by atoms with Crippen LogP contribution in [0.3, 0.4) is 0 Å². The van der Waals surface area contributed by atoms with Crippen LogP contribution in [-0.2, 0) is 10.4 Å². The summed E-state index contributed by atoms with van der Waals surface area (Å²) in [6.07, 6.45) is 4.11. The van der Waals surface area contributed by atoms with E-state index in [0.29, 0.717) is 64.0 Å². The van der Waals surface area contributed by atoms with Crippen LogP contribution in [-0.4, -0.2) is 64.7 Å². The van der Waals surface area contributed by atoms with E-state index in [1.807, 2.05) is 0 Å². The van der Waals surface area contributed by atoms with Crippen molar-refractivity contribution in [3.05, 3.63) is 76.9 Å². The van der Waals surface area contributed by atoms with Crippen LogP contribution in [0.2, 0.25) is 0 Å². The van der Waals surface area contributed by atoms with E-state index in [9.17, 15) is 32.6 Å². The molecule has 0 saturated carbocycles. The van der Waals surface area contributed by atoms with Gasteiger partial charge in [0.25, 0.3) is 0 Å². The van der Waals surface area contributed by atoms with Gasteiger partial charge >= 0.3 is 0 Å². The van der Waals surface area contributed by atoms with Gasteiger partial charge in [0.05, 0.1) is 11.7 Å². The van der Waals surface area contributed by atoms with Crippen LogP contribution in [0.5, 0.6) is 0 Å². The summed E-state index contributed by atoms with van der Waals surface area (Å²) in [6, 6.07) is 7.57. The first kappa shape index (κ1) is 26.3. The zero-order valence-corrected chi connectivity index (χ0v) is 19.8. The molecule has 1 atom stereocenters. The van der Waals surface area contributed by atoms with Crippen molar-refractivity contribution in [1.29, 1.82) is 0 Å². The summed E-state index contributed by atoms with van der Waals surface area (Å²) in [5.74, 6) is -4.81. The predicted molar refractivity (Wildman–Crippen MR) is 127 cm³/mol. The highest BCUT2D eigenvalue weighted by Crippen LogP contribution is 2.33. The molecule has 5 nitrogen and oxygen atoms in total. The summed E-state index contributed by atoms with van der Waals surface area (Å²) in [7, 11) is 0. The molecule has 0 spiro atoms. The average Bonchev–Trinajstić information content (AvgIpc) is 2.87. The lowest BCUT2D eigenvalue weighted by atomic mass is 9.84. The van der Waals surface area contributed by atoms with Gasteiger partial charge in [-0.3, -0.25) is 4.79 Å². The Morgan fingerprint density at radius 2 is 1.58 bits per heavy atom. The van der Waals surface area contributed by atoms with Crippen LogP contribution in [0, 0.1) is 29.2 Å². The first-order valence-corrected chi connectivity index (χ1v) is 12.1. The number of β-amino-alcohol motifs (C(OH)–C–C–N with tert-alkyl or cyclic N) is 1. The lowest BCUT2D eigenvalue weighted by Crippen LogP contribution is -2.48. The van der Waals surface area contributed by atoms with Gasteiger partial charge in [0, 0.05) is 38.8 Å². The van der Waals surface area contributed by atoms with Gasteiger partial charge in [-0.2, -0.15) is 0 Å². The average molecular weight is 507 g/mol. The summed E-state index contributed by atoms with van der Waals surface area (Å²) < 4.78 is 52.9. The highest BCUT2D eigenvalue weighted by atomic mass is 19.2. The Balaban J connectivity index is 1.23. The van der Waals surface area contributed by atoms with Crippen molar-refractivity contribution in [3.8, 4) is 0 Å². The number of benzene rings is 2. The highest BCUT2D eigenvalue weighted by molar-refractivity contribution is 5.91. The van der Waals surface area contributed by atoms with Crippen molar-refractivity contribution in [2.45, 2.75) is 37.4 Å². The summed E-state index contributed by atoms with van der Waals surface area (Å²) in [4.78, 5) is 16.2. The number of halogens is 4. The molecule has 2 N–H and O–H groups in total. The van der Waals surface area contributed by atoms with Gasteiger partial charge < -0.3 is 20.0 Å². The quantitative estimate of drug-likeness (QED) is 0.355. The second-order valence-electron chi connectivity index (χ2n) is 9.70. The molecule has 0 aromatic heterocycles. The molecule has 2 aliphatic rings. The Morgan fingerprint density at radius 1 is 1.00 bits per heavy atom. The van der Waals surface area contributed by atoms with Crippen LogP contribution < -0.4 is 0 Å².